The summed E-state index contributed by atoms with van der Waals surface area (Å²) in [6.07, 6.45) is 0. The highest BCUT2D eigenvalue weighted by Gasteiger charge is 2.12. The molecule has 0 radical (unpaired) electrons. The first-order valence-electron chi connectivity index (χ1n) is 4.15. The van der Waals surface area contributed by atoms with Crippen molar-refractivity contribution in [2.24, 2.45) is 0 Å². The number of likely N-dealkylation sites (N-methyl/N-ethyl adjacent to an activating group) is 1. The molecular formula is C8H19N2O2+. The average Bonchev–Trinajstić information content (AvgIpc) is 1.85. The van der Waals surface area contributed by atoms with E-state index in [1.807, 2.05) is 14.1 Å². The molecule has 0 unspecified atom stereocenters. The predicted molar refractivity (Wildman–Crippen MR) is 47.6 cm³/mol. The van der Waals surface area contributed by atoms with Gasteiger partial charge in [-0.2, -0.15) is 0 Å². The molecule has 0 aliphatic heterocycles. The Hall–Kier alpha value is -0.610. The molecule has 0 atom stereocenters. The van der Waals surface area contributed by atoms with Gasteiger partial charge >= 0.3 is 0 Å². The van der Waals surface area contributed by atoms with Crippen molar-refractivity contribution in [3.63, 3.8) is 0 Å². The van der Waals surface area contributed by atoms with Crippen LogP contribution in [-0.2, 0) is 4.79 Å². The summed E-state index contributed by atoms with van der Waals surface area (Å²) in [5.74, 6) is -0.000927. The molecule has 12 heavy (non-hydrogen) atoms. The van der Waals surface area contributed by atoms with Gasteiger partial charge in [0.2, 0.25) is 5.91 Å². The Kier molecular flexibility index (Phi) is 4.85. The van der Waals surface area contributed by atoms with Crippen LogP contribution in [0.3, 0.4) is 0 Å². The lowest BCUT2D eigenvalue weighted by molar-refractivity contribution is -0.889. The van der Waals surface area contributed by atoms with Crippen LogP contribution in [-0.4, -0.2) is 55.8 Å². The lowest BCUT2D eigenvalue weighted by Crippen LogP contribution is -2.46. The standard InChI is InChI=1S/C8H18N2O2/c1-8(12)9-4-5-10(2,3)6-7-11/h11H,4-7H2,1-3H3/p+1. The highest BCUT2D eigenvalue weighted by atomic mass is 16.3. The lowest BCUT2D eigenvalue weighted by Gasteiger charge is -2.28. The number of nitrogens with zero attached hydrogens (tertiary/aromatic N) is 1. The Morgan fingerprint density at radius 3 is 2.42 bits per heavy atom. The van der Waals surface area contributed by atoms with E-state index in [4.69, 9.17) is 5.11 Å². The van der Waals surface area contributed by atoms with Gasteiger partial charge in [0.1, 0.15) is 6.54 Å². The second kappa shape index (κ2) is 5.11. The first kappa shape index (κ1) is 11.4. The molecule has 0 rings (SSSR count). The van der Waals surface area contributed by atoms with Gasteiger partial charge in [-0.1, -0.05) is 0 Å². The van der Waals surface area contributed by atoms with E-state index in [2.05, 4.69) is 5.32 Å². The van der Waals surface area contributed by atoms with Gasteiger partial charge in [-0.05, 0) is 0 Å². The minimum atomic E-state index is -0.000927. The summed E-state index contributed by atoms with van der Waals surface area (Å²) in [5.41, 5.74) is 0. The molecule has 0 heterocycles. The zero-order chi connectivity index (χ0) is 9.61. The molecular weight excluding hydrogens is 156 g/mol. The summed E-state index contributed by atoms with van der Waals surface area (Å²) >= 11 is 0. The van der Waals surface area contributed by atoms with E-state index in [1.54, 1.807) is 0 Å². The number of quaternary nitrogens is 1. The highest BCUT2D eigenvalue weighted by Crippen LogP contribution is 1.93. The van der Waals surface area contributed by atoms with Crippen molar-refractivity contribution in [3.8, 4) is 0 Å². The van der Waals surface area contributed by atoms with E-state index < -0.39 is 0 Å². The molecule has 4 heteroatoms. The minimum Gasteiger partial charge on any atom is -0.391 e. The van der Waals surface area contributed by atoms with Crippen molar-refractivity contribution in [2.45, 2.75) is 6.92 Å². The Morgan fingerprint density at radius 2 is 2.00 bits per heavy atom. The molecule has 0 aromatic rings. The Morgan fingerprint density at radius 1 is 1.42 bits per heavy atom. The van der Waals surface area contributed by atoms with Crippen LogP contribution in [0.1, 0.15) is 6.92 Å². The average molecular weight is 175 g/mol. The van der Waals surface area contributed by atoms with Gasteiger partial charge in [-0.25, -0.2) is 0 Å². The van der Waals surface area contributed by atoms with E-state index in [9.17, 15) is 4.79 Å². The summed E-state index contributed by atoms with van der Waals surface area (Å²) in [6, 6.07) is 0. The highest BCUT2D eigenvalue weighted by molar-refractivity contribution is 5.72. The maximum atomic E-state index is 10.5. The molecule has 0 aromatic heterocycles. The molecule has 1 amide bonds. The van der Waals surface area contributed by atoms with E-state index in [0.717, 1.165) is 17.6 Å². The number of carbonyl (C=O) groups excluding carboxylic acids is 1. The van der Waals surface area contributed by atoms with Crippen LogP contribution >= 0.6 is 0 Å². The van der Waals surface area contributed by atoms with Crippen molar-refractivity contribution in [2.75, 3.05) is 40.3 Å². The maximum absolute atomic E-state index is 10.5. The molecule has 0 bridgehead atoms. The number of aliphatic hydroxyl groups is 1. The predicted octanol–water partition coefficient (Wildman–Crippen LogP) is -0.809. The number of aliphatic hydroxyl groups excluding tert-OH is 1. The molecule has 0 fully saturated rings. The monoisotopic (exact) mass is 175 g/mol. The van der Waals surface area contributed by atoms with Gasteiger partial charge in [-0.3, -0.25) is 4.79 Å². The minimum absolute atomic E-state index is 0.000927. The summed E-state index contributed by atoms with van der Waals surface area (Å²) in [7, 11) is 4.05. The smallest absolute Gasteiger partial charge is 0.217 e. The van der Waals surface area contributed by atoms with Crippen LogP contribution in [0.25, 0.3) is 0 Å². The molecule has 0 spiro atoms. The van der Waals surface area contributed by atoms with Gasteiger partial charge in [0.25, 0.3) is 0 Å². The first-order valence-corrected chi connectivity index (χ1v) is 4.15. The van der Waals surface area contributed by atoms with E-state index in [1.165, 1.54) is 6.92 Å². The third-order valence-corrected chi connectivity index (χ3v) is 1.80. The fourth-order valence-corrected chi connectivity index (χ4v) is 0.917. The van der Waals surface area contributed by atoms with E-state index >= 15 is 0 Å². The fraction of sp³-hybridized carbons (Fsp3) is 0.875. The molecule has 0 saturated heterocycles. The van der Waals surface area contributed by atoms with Crippen molar-refractivity contribution < 1.29 is 14.4 Å². The Bertz CT molecular complexity index is 146. The number of hydrogen-bond acceptors (Lipinski definition) is 2. The largest absolute Gasteiger partial charge is 0.391 e. The molecule has 4 nitrogen and oxygen atoms in total. The molecule has 0 saturated carbocycles. The van der Waals surface area contributed by atoms with Crippen LogP contribution in [0.15, 0.2) is 0 Å². The molecule has 0 aromatic carbocycles. The number of hydrogen-bond donors (Lipinski definition) is 2. The second-order valence-electron chi connectivity index (χ2n) is 3.59. The second-order valence-corrected chi connectivity index (χ2v) is 3.59. The van der Waals surface area contributed by atoms with E-state index in [-0.39, 0.29) is 12.5 Å². The Balaban J connectivity index is 3.53. The third kappa shape index (κ3) is 6.12. The summed E-state index contributed by atoms with van der Waals surface area (Å²) < 4.78 is 0.733. The van der Waals surface area contributed by atoms with Gasteiger partial charge in [0.15, 0.2) is 0 Å². The summed E-state index contributed by atoms with van der Waals surface area (Å²) in [5, 5.41) is 11.4. The number of nitrogens with one attached hydrogen (secondary N) is 1. The van der Waals surface area contributed by atoms with Crippen molar-refractivity contribution in [1.29, 1.82) is 0 Å². The van der Waals surface area contributed by atoms with Crippen LogP contribution in [0.5, 0.6) is 0 Å². The third-order valence-electron chi connectivity index (χ3n) is 1.80. The quantitative estimate of drug-likeness (QED) is 0.537. The van der Waals surface area contributed by atoms with E-state index in [0.29, 0.717) is 6.54 Å². The van der Waals surface area contributed by atoms with Crippen molar-refractivity contribution in [1.82, 2.24) is 5.32 Å². The zero-order valence-corrected chi connectivity index (χ0v) is 8.13. The van der Waals surface area contributed by atoms with Crippen molar-refractivity contribution in [3.05, 3.63) is 0 Å². The van der Waals surface area contributed by atoms with Crippen molar-refractivity contribution >= 4 is 5.91 Å². The normalized spacial score (nSPS) is 11.3. The van der Waals surface area contributed by atoms with Crippen LogP contribution in [0.4, 0.5) is 0 Å². The molecule has 0 aliphatic carbocycles. The fourth-order valence-electron chi connectivity index (χ4n) is 0.917. The van der Waals surface area contributed by atoms with Gasteiger partial charge in [0.05, 0.1) is 33.8 Å². The molecule has 0 aliphatic rings. The van der Waals surface area contributed by atoms with Crippen LogP contribution in [0.2, 0.25) is 0 Å². The summed E-state index contributed by atoms with van der Waals surface area (Å²) in [4.78, 5) is 10.5. The summed E-state index contributed by atoms with van der Waals surface area (Å²) in [6.45, 7) is 3.93. The lowest BCUT2D eigenvalue weighted by atomic mass is 10.4. The topological polar surface area (TPSA) is 49.3 Å². The van der Waals surface area contributed by atoms with Gasteiger partial charge < -0.3 is 14.9 Å². The van der Waals surface area contributed by atoms with Gasteiger partial charge in [0, 0.05) is 6.92 Å². The molecule has 2 N–H and O–H groups in total. The van der Waals surface area contributed by atoms with Crippen LogP contribution < -0.4 is 5.32 Å². The molecule has 72 valence electrons. The van der Waals surface area contributed by atoms with Gasteiger partial charge in [-0.15, -0.1) is 0 Å². The SMILES string of the molecule is CC(=O)NCC[N+](C)(C)CCO. The zero-order valence-electron chi connectivity index (χ0n) is 8.13. The number of rotatable bonds is 5. The first-order chi connectivity index (χ1) is 5.48. The number of amides is 1. The number of carbonyl (C=O) groups is 1. The maximum Gasteiger partial charge on any atom is 0.217 e. The Labute approximate surface area is 73.8 Å². The van der Waals surface area contributed by atoms with Crippen LogP contribution in [0, 0.1) is 0 Å².